The first kappa shape index (κ1) is 19.2. The summed E-state index contributed by atoms with van der Waals surface area (Å²) in [6.45, 7) is 11.4. The highest BCUT2D eigenvalue weighted by molar-refractivity contribution is 5.93. The van der Waals surface area contributed by atoms with Gasteiger partial charge in [-0.2, -0.15) is 0 Å². The summed E-state index contributed by atoms with van der Waals surface area (Å²) in [6, 6.07) is 7.92. The number of benzene rings is 1. The van der Waals surface area contributed by atoms with Crippen molar-refractivity contribution in [1.82, 2.24) is 9.80 Å². The maximum absolute atomic E-state index is 12.4. The van der Waals surface area contributed by atoms with E-state index in [2.05, 4.69) is 31.0 Å². The minimum atomic E-state index is -0.272. The van der Waals surface area contributed by atoms with Gasteiger partial charge >= 0.3 is 6.09 Å². The van der Waals surface area contributed by atoms with Crippen molar-refractivity contribution in [3.05, 3.63) is 29.8 Å². The summed E-state index contributed by atoms with van der Waals surface area (Å²) in [6.07, 6.45) is -0.272. The molecule has 0 saturated carbocycles. The summed E-state index contributed by atoms with van der Waals surface area (Å²) in [5.74, 6) is -0.0266. The fraction of sp³-hybridized carbons (Fsp3) is 0.579. The highest BCUT2D eigenvalue weighted by Crippen LogP contribution is 2.29. The van der Waals surface area contributed by atoms with E-state index in [4.69, 9.17) is 4.74 Å². The van der Waals surface area contributed by atoms with Gasteiger partial charge in [0, 0.05) is 31.9 Å². The van der Waals surface area contributed by atoms with Gasteiger partial charge in [-0.3, -0.25) is 9.69 Å². The average Bonchev–Trinajstić information content (AvgIpc) is 2.55. The van der Waals surface area contributed by atoms with Crippen molar-refractivity contribution in [2.24, 2.45) is 0 Å². The van der Waals surface area contributed by atoms with E-state index in [1.807, 2.05) is 24.3 Å². The van der Waals surface area contributed by atoms with E-state index in [0.29, 0.717) is 39.3 Å². The Balaban J connectivity index is 1.87. The summed E-state index contributed by atoms with van der Waals surface area (Å²) in [5, 5.41) is 3.03. The largest absolute Gasteiger partial charge is 0.450 e. The molecule has 1 aromatic carbocycles. The molecule has 138 valence electrons. The number of hydrogen-bond donors (Lipinski definition) is 1. The molecular formula is C19H29N3O3. The lowest BCUT2D eigenvalue weighted by molar-refractivity contribution is -0.117. The maximum atomic E-state index is 12.4. The first-order valence-corrected chi connectivity index (χ1v) is 8.84. The van der Waals surface area contributed by atoms with Gasteiger partial charge in [0.25, 0.3) is 0 Å². The van der Waals surface area contributed by atoms with Crippen LogP contribution >= 0.6 is 0 Å². The van der Waals surface area contributed by atoms with Crippen LogP contribution in [0.25, 0.3) is 0 Å². The van der Waals surface area contributed by atoms with Crippen LogP contribution in [0, 0.1) is 0 Å². The lowest BCUT2D eigenvalue weighted by Crippen LogP contribution is -2.50. The Morgan fingerprint density at radius 1 is 1.12 bits per heavy atom. The molecule has 2 amide bonds. The van der Waals surface area contributed by atoms with Crippen molar-refractivity contribution in [2.45, 2.75) is 33.1 Å². The Bertz CT molecular complexity index is 602. The average molecular weight is 347 g/mol. The fourth-order valence-corrected chi connectivity index (χ4v) is 2.94. The third kappa shape index (κ3) is 5.46. The second-order valence-corrected chi connectivity index (χ2v) is 7.31. The molecule has 1 aliphatic rings. The van der Waals surface area contributed by atoms with Crippen molar-refractivity contribution in [2.75, 3.05) is 44.6 Å². The monoisotopic (exact) mass is 347 g/mol. The summed E-state index contributed by atoms with van der Waals surface area (Å²) >= 11 is 0. The molecule has 0 aromatic heterocycles. The Labute approximate surface area is 150 Å². The van der Waals surface area contributed by atoms with E-state index in [-0.39, 0.29) is 17.4 Å². The van der Waals surface area contributed by atoms with Gasteiger partial charge in [-0.25, -0.2) is 4.79 Å². The third-order valence-electron chi connectivity index (χ3n) is 4.27. The van der Waals surface area contributed by atoms with Crippen molar-refractivity contribution in [3.8, 4) is 0 Å². The van der Waals surface area contributed by atoms with Crippen LogP contribution in [0.2, 0.25) is 0 Å². The number of para-hydroxylation sites is 1. The van der Waals surface area contributed by atoms with E-state index in [9.17, 15) is 9.59 Å². The van der Waals surface area contributed by atoms with Crippen LogP contribution in [0.1, 0.15) is 33.3 Å². The van der Waals surface area contributed by atoms with E-state index >= 15 is 0 Å². The van der Waals surface area contributed by atoms with Gasteiger partial charge in [0.15, 0.2) is 0 Å². The summed E-state index contributed by atoms with van der Waals surface area (Å²) < 4.78 is 5.01. The molecule has 2 rings (SSSR count). The predicted molar refractivity (Wildman–Crippen MR) is 98.8 cm³/mol. The van der Waals surface area contributed by atoms with E-state index in [1.54, 1.807) is 11.8 Å². The second-order valence-electron chi connectivity index (χ2n) is 7.31. The zero-order valence-corrected chi connectivity index (χ0v) is 15.7. The molecule has 0 spiro atoms. The van der Waals surface area contributed by atoms with E-state index < -0.39 is 0 Å². The molecule has 1 aromatic rings. The first-order valence-electron chi connectivity index (χ1n) is 8.84. The summed E-state index contributed by atoms with van der Waals surface area (Å²) in [4.78, 5) is 27.9. The van der Waals surface area contributed by atoms with Crippen molar-refractivity contribution in [3.63, 3.8) is 0 Å². The van der Waals surface area contributed by atoms with Crippen LogP contribution in [0.3, 0.4) is 0 Å². The van der Waals surface area contributed by atoms with Gasteiger partial charge in [0.1, 0.15) is 0 Å². The maximum Gasteiger partial charge on any atom is 0.409 e. The number of carbonyl (C=O) groups excluding carboxylic acids is 2. The zero-order chi connectivity index (χ0) is 18.4. The summed E-state index contributed by atoms with van der Waals surface area (Å²) in [7, 11) is 0. The molecule has 6 nitrogen and oxygen atoms in total. The molecule has 0 atom stereocenters. The molecule has 1 fully saturated rings. The Kier molecular flexibility index (Phi) is 6.42. The molecule has 1 N–H and O–H groups in total. The topological polar surface area (TPSA) is 61.9 Å². The highest BCUT2D eigenvalue weighted by Gasteiger charge is 2.24. The highest BCUT2D eigenvalue weighted by atomic mass is 16.6. The van der Waals surface area contributed by atoms with Crippen LogP contribution in [-0.2, 0) is 14.9 Å². The normalized spacial score (nSPS) is 15.8. The van der Waals surface area contributed by atoms with Gasteiger partial charge in [0.05, 0.1) is 13.2 Å². The SMILES string of the molecule is CCOC(=O)N1CCN(CC(=O)Nc2ccccc2C(C)(C)C)CC1. The van der Waals surface area contributed by atoms with Crippen molar-refractivity contribution < 1.29 is 14.3 Å². The number of nitrogens with one attached hydrogen (secondary N) is 1. The van der Waals surface area contributed by atoms with Gasteiger partial charge < -0.3 is 15.0 Å². The summed E-state index contributed by atoms with van der Waals surface area (Å²) in [5.41, 5.74) is 1.95. The van der Waals surface area contributed by atoms with Crippen LogP contribution in [-0.4, -0.2) is 61.1 Å². The molecule has 6 heteroatoms. The Hall–Kier alpha value is -2.08. The van der Waals surface area contributed by atoms with Crippen molar-refractivity contribution in [1.29, 1.82) is 0 Å². The number of rotatable bonds is 4. The standard InChI is InChI=1S/C19H29N3O3/c1-5-25-18(24)22-12-10-21(11-13-22)14-17(23)20-16-9-7-6-8-15(16)19(2,3)4/h6-9H,5,10-14H2,1-4H3,(H,20,23). The van der Waals surface area contributed by atoms with Crippen LogP contribution < -0.4 is 5.32 Å². The molecule has 25 heavy (non-hydrogen) atoms. The predicted octanol–water partition coefficient (Wildman–Crippen LogP) is 2.70. The minimum absolute atomic E-state index is 0.0266. The van der Waals surface area contributed by atoms with E-state index in [0.717, 1.165) is 11.3 Å². The number of nitrogens with zero attached hydrogens (tertiary/aromatic N) is 2. The molecule has 1 saturated heterocycles. The minimum Gasteiger partial charge on any atom is -0.450 e. The molecule has 0 bridgehead atoms. The number of amides is 2. The first-order chi connectivity index (χ1) is 11.8. The number of hydrogen-bond acceptors (Lipinski definition) is 4. The van der Waals surface area contributed by atoms with Gasteiger partial charge in [-0.05, 0) is 24.0 Å². The van der Waals surface area contributed by atoms with E-state index in [1.165, 1.54) is 0 Å². The van der Waals surface area contributed by atoms with Gasteiger partial charge in [-0.1, -0.05) is 39.0 Å². The lowest BCUT2D eigenvalue weighted by Gasteiger charge is -2.33. The zero-order valence-electron chi connectivity index (χ0n) is 15.7. The van der Waals surface area contributed by atoms with Crippen LogP contribution in [0.4, 0.5) is 10.5 Å². The fourth-order valence-electron chi connectivity index (χ4n) is 2.94. The molecule has 1 heterocycles. The number of anilines is 1. The number of piperazine rings is 1. The molecule has 0 radical (unpaired) electrons. The van der Waals surface area contributed by atoms with Crippen molar-refractivity contribution >= 4 is 17.7 Å². The molecular weight excluding hydrogens is 318 g/mol. The Morgan fingerprint density at radius 2 is 1.76 bits per heavy atom. The van der Waals surface area contributed by atoms with Crippen LogP contribution in [0.15, 0.2) is 24.3 Å². The van der Waals surface area contributed by atoms with Gasteiger partial charge in [-0.15, -0.1) is 0 Å². The smallest absolute Gasteiger partial charge is 0.409 e. The Morgan fingerprint density at radius 3 is 2.36 bits per heavy atom. The number of ether oxygens (including phenoxy) is 1. The molecule has 0 aliphatic carbocycles. The van der Waals surface area contributed by atoms with Crippen LogP contribution in [0.5, 0.6) is 0 Å². The molecule has 1 aliphatic heterocycles. The quantitative estimate of drug-likeness (QED) is 0.910. The number of carbonyl (C=O) groups is 2. The van der Waals surface area contributed by atoms with Gasteiger partial charge in [0.2, 0.25) is 5.91 Å². The lowest BCUT2D eigenvalue weighted by atomic mass is 9.86. The molecule has 0 unspecified atom stereocenters. The third-order valence-corrected chi connectivity index (χ3v) is 4.27. The second kappa shape index (κ2) is 8.34.